The first-order valence-electron chi connectivity index (χ1n) is 12.4. The van der Waals surface area contributed by atoms with Crippen molar-refractivity contribution in [2.24, 2.45) is 0 Å². The monoisotopic (exact) mass is 500 g/mol. The molecule has 0 saturated carbocycles. The number of anilines is 1. The van der Waals surface area contributed by atoms with Gasteiger partial charge in [-0.15, -0.1) is 0 Å². The Balaban J connectivity index is 1.41. The van der Waals surface area contributed by atoms with Crippen molar-refractivity contribution < 1.29 is 14.7 Å². The Morgan fingerprint density at radius 3 is 2.49 bits per heavy atom. The number of hydrogen-bond donors (Lipinski definition) is 3. The highest BCUT2D eigenvalue weighted by Crippen LogP contribution is 2.44. The quantitative estimate of drug-likeness (QED) is 0.353. The molecule has 3 atom stereocenters. The standard InChI is InChI=1S/C26H28N8O3/c1-13-9-29-25(31-13)20-6-3-15(10-28-20)19-11-30-34-24(27)22(14(2)36)23(32-26(19)34)16-7-17-4-5-18(8-16)33(17)21(37)12-35/h3,6,9-11,16-18,35H,4-5,7-8,12,27H2,1-2H3,(H,29,31)/t16?,17-,18+. The van der Waals surface area contributed by atoms with Gasteiger partial charge in [0.2, 0.25) is 5.91 Å². The molecule has 1 amide bonds. The molecule has 0 spiro atoms. The fourth-order valence-electron chi connectivity index (χ4n) is 6.02. The van der Waals surface area contributed by atoms with Crippen molar-refractivity contribution in [2.75, 3.05) is 12.3 Å². The van der Waals surface area contributed by atoms with E-state index >= 15 is 0 Å². The maximum atomic E-state index is 12.7. The number of aliphatic hydroxyl groups excluding tert-OH is 1. The lowest BCUT2D eigenvalue weighted by atomic mass is 9.85. The third kappa shape index (κ3) is 3.77. The molecule has 2 saturated heterocycles. The minimum atomic E-state index is -0.487. The number of aliphatic hydroxyl groups is 1. The maximum absolute atomic E-state index is 12.7. The highest BCUT2D eigenvalue weighted by atomic mass is 16.3. The Labute approximate surface area is 212 Å². The van der Waals surface area contributed by atoms with E-state index < -0.39 is 6.61 Å². The summed E-state index contributed by atoms with van der Waals surface area (Å²) in [6, 6.07) is 3.87. The van der Waals surface area contributed by atoms with Crippen LogP contribution in [0, 0.1) is 6.92 Å². The fraction of sp³-hybridized carbons (Fsp3) is 0.385. The molecule has 2 fully saturated rings. The lowest BCUT2D eigenvalue weighted by Gasteiger charge is -2.39. The van der Waals surface area contributed by atoms with Crippen LogP contribution in [0.3, 0.4) is 0 Å². The van der Waals surface area contributed by atoms with Crippen LogP contribution in [0.5, 0.6) is 0 Å². The van der Waals surface area contributed by atoms with Crippen molar-refractivity contribution in [1.29, 1.82) is 0 Å². The maximum Gasteiger partial charge on any atom is 0.248 e. The summed E-state index contributed by atoms with van der Waals surface area (Å²) in [6.45, 7) is 2.94. The molecule has 1 unspecified atom stereocenters. The van der Waals surface area contributed by atoms with Crippen molar-refractivity contribution in [3.05, 3.63) is 47.7 Å². The van der Waals surface area contributed by atoms with E-state index in [0.29, 0.717) is 35.6 Å². The molecule has 0 aromatic carbocycles. The predicted octanol–water partition coefficient (Wildman–Crippen LogP) is 2.50. The molecule has 2 aliphatic rings. The van der Waals surface area contributed by atoms with Gasteiger partial charge in [-0.3, -0.25) is 14.6 Å². The second kappa shape index (κ2) is 8.77. The summed E-state index contributed by atoms with van der Waals surface area (Å²) >= 11 is 0. The van der Waals surface area contributed by atoms with Crippen LogP contribution in [0.1, 0.15) is 60.3 Å². The van der Waals surface area contributed by atoms with Crippen LogP contribution in [0.2, 0.25) is 0 Å². The van der Waals surface area contributed by atoms with Gasteiger partial charge in [0.05, 0.1) is 17.5 Å². The molecule has 0 aliphatic carbocycles. The number of nitrogen functional groups attached to an aromatic ring is 1. The van der Waals surface area contributed by atoms with Crippen LogP contribution < -0.4 is 5.73 Å². The van der Waals surface area contributed by atoms with E-state index in [1.165, 1.54) is 11.4 Å². The van der Waals surface area contributed by atoms with Gasteiger partial charge in [0.1, 0.15) is 18.1 Å². The lowest BCUT2D eigenvalue weighted by molar-refractivity contribution is -0.138. The number of carbonyl (C=O) groups is 2. The van der Waals surface area contributed by atoms with E-state index in [1.807, 2.05) is 24.0 Å². The molecule has 6 heterocycles. The average molecular weight is 501 g/mol. The van der Waals surface area contributed by atoms with Gasteiger partial charge in [0, 0.05) is 47.2 Å². The molecule has 4 aromatic rings. The smallest absolute Gasteiger partial charge is 0.248 e. The first kappa shape index (κ1) is 23.3. The molecule has 37 heavy (non-hydrogen) atoms. The van der Waals surface area contributed by atoms with Crippen molar-refractivity contribution >= 4 is 23.2 Å². The number of carbonyl (C=O) groups excluding carboxylic acids is 2. The minimum absolute atomic E-state index is 0.0221. The molecule has 11 nitrogen and oxygen atoms in total. The van der Waals surface area contributed by atoms with Crippen molar-refractivity contribution in [2.45, 2.75) is 57.5 Å². The number of nitrogens with two attached hydrogens (primary N) is 1. The summed E-state index contributed by atoms with van der Waals surface area (Å²) in [5.74, 6) is 0.520. The van der Waals surface area contributed by atoms with E-state index in [9.17, 15) is 14.7 Å². The third-order valence-corrected chi connectivity index (χ3v) is 7.63. The van der Waals surface area contributed by atoms with Gasteiger partial charge in [-0.05, 0) is 45.6 Å². The number of aromatic nitrogens is 6. The van der Waals surface area contributed by atoms with Gasteiger partial charge >= 0.3 is 0 Å². The zero-order valence-corrected chi connectivity index (χ0v) is 20.7. The Bertz CT molecular complexity index is 1510. The summed E-state index contributed by atoms with van der Waals surface area (Å²) in [5, 5.41) is 13.9. The van der Waals surface area contributed by atoms with E-state index in [4.69, 9.17) is 10.7 Å². The molecule has 4 aromatic heterocycles. The van der Waals surface area contributed by atoms with Gasteiger partial charge in [-0.25, -0.2) is 9.97 Å². The van der Waals surface area contributed by atoms with Crippen LogP contribution in [0.15, 0.2) is 30.7 Å². The largest absolute Gasteiger partial charge is 0.387 e. The first-order chi connectivity index (χ1) is 17.9. The number of fused-ring (bicyclic) bond motifs is 3. The number of Topliss-reactive ketones (excluding diaryl/α,β-unsaturated/α-hetero) is 1. The SMILES string of the molecule is CC(=O)c1c(C2C[C@H]3CC[C@@H](C2)N3C(=O)CO)nc2c(-c3ccc(-c4ncc(C)[nH]4)nc3)cnn2c1N. The van der Waals surface area contributed by atoms with E-state index in [2.05, 4.69) is 20.1 Å². The zero-order chi connectivity index (χ0) is 25.8. The summed E-state index contributed by atoms with van der Waals surface area (Å²) in [7, 11) is 0. The second-order valence-electron chi connectivity index (χ2n) is 9.97. The molecule has 6 rings (SSSR count). The summed E-state index contributed by atoms with van der Waals surface area (Å²) in [6.07, 6.45) is 8.30. The number of piperidine rings is 1. The van der Waals surface area contributed by atoms with Crippen LogP contribution in [-0.4, -0.2) is 69.9 Å². The number of aromatic amines is 1. The second-order valence-corrected chi connectivity index (χ2v) is 9.97. The van der Waals surface area contributed by atoms with Gasteiger partial charge in [-0.1, -0.05) is 6.07 Å². The molecule has 2 bridgehead atoms. The lowest BCUT2D eigenvalue weighted by Crippen LogP contribution is -2.47. The number of rotatable bonds is 5. The highest BCUT2D eigenvalue weighted by Gasteiger charge is 2.44. The van der Waals surface area contributed by atoms with Crippen LogP contribution in [0.4, 0.5) is 5.82 Å². The molecule has 0 radical (unpaired) electrons. The van der Waals surface area contributed by atoms with Crippen molar-refractivity contribution in [1.82, 2.24) is 34.4 Å². The number of ketones is 1. The topological polar surface area (TPSA) is 155 Å². The summed E-state index contributed by atoms with van der Waals surface area (Å²) < 4.78 is 1.51. The number of H-pyrrole nitrogens is 1. The van der Waals surface area contributed by atoms with Crippen LogP contribution >= 0.6 is 0 Å². The molecular formula is C26H28N8O3. The molecule has 190 valence electrons. The van der Waals surface area contributed by atoms with Crippen LogP contribution in [0.25, 0.3) is 28.3 Å². The number of aryl methyl sites for hydroxylation is 1. The van der Waals surface area contributed by atoms with E-state index in [1.54, 1.807) is 18.6 Å². The zero-order valence-electron chi connectivity index (χ0n) is 20.7. The first-order valence-corrected chi connectivity index (χ1v) is 12.4. The molecule has 2 aliphatic heterocycles. The van der Waals surface area contributed by atoms with Crippen molar-refractivity contribution in [3.63, 3.8) is 0 Å². The third-order valence-electron chi connectivity index (χ3n) is 7.63. The number of nitrogens with one attached hydrogen (secondary N) is 1. The number of nitrogens with zero attached hydrogens (tertiary/aromatic N) is 6. The fourth-order valence-corrected chi connectivity index (χ4v) is 6.02. The van der Waals surface area contributed by atoms with E-state index in [0.717, 1.165) is 35.4 Å². The number of imidazole rings is 1. The van der Waals surface area contributed by atoms with Crippen molar-refractivity contribution in [3.8, 4) is 22.6 Å². The number of hydrogen-bond acceptors (Lipinski definition) is 8. The summed E-state index contributed by atoms with van der Waals surface area (Å²) in [4.78, 5) is 44.0. The highest BCUT2D eigenvalue weighted by molar-refractivity contribution is 6.00. The minimum Gasteiger partial charge on any atom is -0.387 e. The molecule has 4 N–H and O–H groups in total. The Hall–Kier alpha value is -4.12. The summed E-state index contributed by atoms with van der Waals surface area (Å²) in [5.41, 5.74) is 11.4. The normalized spacial score (nSPS) is 21.1. The number of pyridine rings is 1. The number of amides is 1. The Morgan fingerprint density at radius 1 is 1.14 bits per heavy atom. The van der Waals surface area contributed by atoms with Gasteiger partial charge in [-0.2, -0.15) is 9.61 Å². The molecular weight excluding hydrogens is 472 g/mol. The van der Waals surface area contributed by atoms with Gasteiger partial charge in [0.15, 0.2) is 17.3 Å². The Kier molecular flexibility index (Phi) is 5.52. The van der Waals surface area contributed by atoms with Gasteiger partial charge < -0.3 is 20.7 Å². The van der Waals surface area contributed by atoms with Gasteiger partial charge in [0.25, 0.3) is 0 Å². The predicted molar refractivity (Wildman–Crippen MR) is 136 cm³/mol. The molecule has 11 heteroatoms. The van der Waals surface area contributed by atoms with E-state index in [-0.39, 0.29) is 35.5 Å². The van der Waals surface area contributed by atoms with Crippen LogP contribution in [-0.2, 0) is 4.79 Å². The average Bonchev–Trinajstić information content (AvgIpc) is 3.59. The Morgan fingerprint density at radius 2 is 1.89 bits per heavy atom.